The fraction of sp³-hybridized carbons (Fsp3) is 0.429. The predicted octanol–water partition coefficient (Wildman–Crippen LogP) is 2.83. The SMILES string of the molecule is Cc1cc(C)n([C@@H](C)CC(=O)NCc2cccs2)n1. The number of hydrogen-bond acceptors (Lipinski definition) is 3. The van der Waals surface area contributed by atoms with E-state index in [9.17, 15) is 4.79 Å². The highest BCUT2D eigenvalue weighted by atomic mass is 32.1. The molecule has 2 aromatic heterocycles. The van der Waals surface area contributed by atoms with Gasteiger partial charge in [0.05, 0.1) is 18.3 Å². The molecule has 1 N–H and O–H groups in total. The van der Waals surface area contributed by atoms with E-state index in [1.165, 1.54) is 4.88 Å². The van der Waals surface area contributed by atoms with Crippen LogP contribution in [0.1, 0.15) is 35.7 Å². The van der Waals surface area contributed by atoms with E-state index >= 15 is 0 Å². The Morgan fingerprint density at radius 3 is 2.89 bits per heavy atom. The Morgan fingerprint density at radius 1 is 1.53 bits per heavy atom. The van der Waals surface area contributed by atoms with Crippen molar-refractivity contribution in [3.05, 3.63) is 39.8 Å². The Hall–Kier alpha value is -1.62. The highest BCUT2D eigenvalue weighted by molar-refractivity contribution is 7.09. The van der Waals surface area contributed by atoms with Crippen molar-refractivity contribution in [3.63, 3.8) is 0 Å². The number of amides is 1. The summed E-state index contributed by atoms with van der Waals surface area (Å²) in [5, 5.41) is 9.37. The standard InChI is InChI=1S/C14H19N3OS/c1-10-7-11(2)17(16-10)12(3)8-14(18)15-9-13-5-4-6-19-13/h4-7,12H,8-9H2,1-3H3,(H,15,18)/t12-/m0/s1. The van der Waals surface area contributed by atoms with E-state index in [4.69, 9.17) is 0 Å². The van der Waals surface area contributed by atoms with Gasteiger partial charge in [-0.05, 0) is 38.3 Å². The van der Waals surface area contributed by atoms with E-state index in [2.05, 4.69) is 10.4 Å². The number of aryl methyl sites for hydroxylation is 2. The van der Waals surface area contributed by atoms with Crippen molar-refractivity contribution in [2.24, 2.45) is 0 Å². The molecule has 0 bridgehead atoms. The molecule has 0 fully saturated rings. The van der Waals surface area contributed by atoms with Crippen molar-refractivity contribution in [1.82, 2.24) is 15.1 Å². The lowest BCUT2D eigenvalue weighted by atomic mass is 10.2. The van der Waals surface area contributed by atoms with Gasteiger partial charge in [-0.2, -0.15) is 5.10 Å². The number of hydrogen-bond donors (Lipinski definition) is 1. The van der Waals surface area contributed by atoms with E-state index in [0.29, 0.717) is 13.0 Å². The maximum atomic E-state index is 11.9. The van der Waals surface area contributed by atoms with Gasteiger partial charge in [0.2, 0.25) is 5.91 Å². The van der Waals surface area contributed by atoms with Gasteiger partial charge in [0.1, 0.15) is 0 Å². The number of nitrogens with one attached hydrogen (secondary N) is 1. The number of aromatic nitrogens is 2. The van der Waals surface area contributed by atoms with Crippen molar-refractivity contribution in [3.8, 4) is 0 Å². The van der Waals surface area contributed by atoms with Gasteiger partial charge in [-0.25, -0.2) is 0 Å². The number of nitrogens with zero attached hydrogens (tertiary/aromatic N) is 2. The van der Waals surface area contributed by atoms with E-state index in [-0.39, 0.29) is 11.9 Å². The Balaban J connectivity index is 1.86. The van der Waals surface area contributed by atoms with Crippen molar-refractivity contribution >= 4 is 17.2 Å². The third kappa shape index (κ3) is 3.67. The molecular formula is C14H19N3OS. The first-order chi connectivity index (χ1) is 9.06. The van der Waals surface area contributed by atoms with Gasteiger partial charge >= 0.3 is 0 Å². The zero-order valence-electron chi connectivity index (χ0n) is 11.5. The van der Waals surface area contributed by atoms with Gasteiger partial charge in [-0.3, -0.25) is 9.48 Å². The van der Waals surface area contributed by atoms with Crippen LogP contribution in [0.25, 0.3) is 0 Å². The molecule has 1 amide bonds. The molecule has 2 rings (SSSR count). The second kappa shape index (κ2) is 6.02. The Labute approximate surface area is 117 Å². The highest BCUT2D eigenvalue weighted by Gasteiger charge is 2.13. The first-order valence-corrected chi connectivity index (χ1v) is 7.26. The molecule has 0 saturated carbocycles. The van der Waals surface area contributed by atoms with Crippen LogP contribution in [0.2, 0.25) is 0 Å². The van der Waals surface area contributed by atoms with Crippen LogP contribution in [-0.2, 0) is 11.3 Å². The summed E-state index contributed by atoms with van der Waals surface area (Å²) >= 11 is 1.65. The van der Waals surface area contributed by atoms with E-state index < -0.39 is 0 Å². The third-order valence-electron chi connectivity index (χ3n) is 2.98. The minimum absolute atomic E-state index is 0.0634. The van der Waals surface area contributed by atoms with Crippen molar-refractivity contribution < 1.29 is 4.79 Å². The van der Waals surface area contributed by atoms with Crippen LogP contribution in [0, 0.1) is 13.8 Å². The first-order valence-electron chi connectivity index (χ1n) is 6.38. The van der Waals surface area contributed by atoms with Crippen LogP contribution in [0.4, 0.5) is 0 Å². The molecule has 0 aliphatic carbocycles. The second-order valence-corrected chi connectivity index (χ2v) is 5.81. The monoisotopic (exact) mass is 277 g/mol. The molecule has 102 valence electrons. The van der Waals surface area contributed by atoms with Gasteiger partial charge in [-0.1, -0.05) is 6.07 Å². The van der Waals surface area contributed by atoms with Crippen LogP contribution in [0.5, 0.6) is 0 Å². The largest absolute Gasteiger partial charge is 0.351 e. The van der Waals surface area contributed by atoms with Crippen LogP contribution in [0.15, 0.2) is 23.6 Å². The summed E-state index contributed by atoms with van der Waals surface area (Å²) in [5.74, 6) is 0.0634. The van der Waals surface area contributed by atoms with Gasteiger partial charge in [0.15, 0.2) is 0 Å². The Morgan fingerprint density at radius 2 is 2.32 bits per heavy atom. The molecule has 0 radical (unpaired) electrons. The summed E-state index contributed by atoms with van der Waals surface area (Å²) in [6.45, 7) is 6.61. The van der Waals surface area contributed by atoms with Crippen LogP contribution in [-0.4, -0.2) is 15.7 Å². The minimum atomic E-state index is 0.0634. The van der Waals surface area contributed by atoms with Gasteiger partial charge < -0.3 is 5.32 Å². The van der Waals surface area contributed by atoms with Gasteiger partial charge in [-0.15, -0.1) is 11.3 Å². The van der Waals surface area contributed by atoms with Crippen molar-refractivity contribution in [2.45, 2.75) is 39.8 Å². The van der Waals surface area contributed by atoms with E-state index in [1.807, 2.05) is 49.0 Å². The number of carbonyl (C=O) groups is 1. The summed E-state index contributed by atoms with van der Waals surface area (Å²) < 4.78 is 1.92. The molecule has 2 heterocycles. The maximum Gasteiger partial charge on any atom is 0.222 e. The summed E-state index contributed by atoms with van der Waals surface area (Å²) in [7, 11) is 0. The molecule has 0 aliphatic heterocycles. The lowest BCUT2D eigenvalue weighted by molar-refractivity contribution is -0.122. The lowest BCUT2D eigenvalue weighted by Crippen LogP contribution is -2.25. The van der Waals surface area contributed by atoms with Crippen LogP contribution in [0.3, 0.4) is 0 Å². The number of thiophene rings is 1. The predicted molar refractivity (Wildman–Crippen MR) is 77.2 cm³/mol. The van der Waals surface area contributed by atoms with Crippen molar-refractivity contribution in [1.29, 1.82) is 0 Å². The van der Waals surface area contributed by atoms with Crippen LogP contribution < -0.4 is 5.32 Å². The Bertz CT molecular complexity index is 545. The topological polar surface area (TPSA) is 46.9 Å². The fourth-order valence-corrected chi connectivity index (χ4v) is 2.76. The molecule has 0 unspecified atom stereocenters. The lowest BCUT2D eigenvalue weighted by Gasteiger charge is -2.14. The summed E-state index contributed by atoms with van der Waals surface area (Å²) in [6, 6.07) is 6.12. The number of rotatable bonds is 5. The number of carbonyl (C=O) groups excluding carboxylic acids is 1. The quantitative estimate of drug-likeness (QED) is 0.913. The molecule has 1 atom stereocenters. The normalized spacial score (nSPS) is 12.4. The second-order valence-electron chi connectivity index (χ2n) is 4.78. The minimum Gasteiger partial charge on any atom is -0.351 e. The molecule has 2 aromatic rings. The average Bonchev–Trinajstić information content (AvgIpc) is 2.96. The molecule has 4 nitrogen and oxygen atoms in total. The average molecular weight is 277 g/mol. The first kappa shape index (κ1) is 13.8. The molecule has 19 heavy (non-hydrogen) atoms. The van der Waals surface area contributed by atoms with E-state index in [1.54, 1.807) is 11.3 Å². The molecule has 5 heteroatoms. The fourth-order valence-electron chi connectivity index (χ4n) is 2.12. The molecule has 0 spiro atoms. The third-order valence-corrected chi connectivity index (χ3v) is 3.86. The van der Waals surface area contributed by atoms with E-state index in [0.717, 1.165) is 11.4 Å². The molecule has 0 saturated heterocycles. The highest BCUT2D eigenvalue weighted by Crippen LogP contribution is 2.14. The summed E-state index contributed by atoms with van der Waals surface area (Å²) in [5.41, 5.74) is 2.08. The van der Waals surface area contributed by atoms with Gasteiger partial charge in [0, 0.05) is 17.0 Å². The summed E-state index contributed by atoms with van der Waals surface area (Å²) in [6.07, 6.45) is 0.452. The maximum absolute atomic E-state index is 11.9. The molecular weight excluding hydrogens is 258 g/mol. The molecule has 0 aliphatic rings. The van der Waals surface area contributed by atoms with Crippen molar-refractivity contribution in [2.75, 3.05) is 0 Å². The Kier molecular flexibility index (Phi) is 4.37. The summed E-state index contributed by atoms with van der Waals surface area (Å²) in [4.78, 5) is 13.1. The smallest absolute Gasteiger partial charge is 0.222 e. The molecule has 0 aromatic carbocycles. The zero-order chi connectivity index (χ0) is 13.8. The zero-order valence-corrected chi connectivity index (χ0v) is 12.3. The van der Waals surface area contributed by atoms with Gasteiger partial charge in [0.25, 0.3) is 0 Å². The van der Waals surface area contributed by atoms with Crippen LogP contribution >= 0.6 is 11.3 Å².